The molecule has 3 rings (SSSR count). The molecular formula is C14H14N2O2S. The van der Waals surface area contributed by atoms with Crippen molar-refractivity contribution in [3.63, 3.8) is 0 Å². The van der Waals surface area contributed by atoms with Gasteiger partial charge in [0.1, 0.15) is 11.3 Å². The molecule has 2 heterocycles. The van der Waals surface area contributed by atoms with Crippen molar-refractivity contribution in [3.8, 4) is 11.8 Å². The topological polar surface area (TPSA) is 62.1 Å². The number of nitriles is 1. The fraction of sp³-hybridized carbons (Fsp3) is 0.429. The van der Waals surface area contributed by atoms with Gasteiger partial charge in [-0.05, 0) is 35.9 Å². The SMILES string of the molecule is N#CC1(NC(=O)c2ccc3c(c2)CCO3)CCSC1. The molecule has 1 N–H and O–H groups in total. The molecule has 0 saturated carbocycles. The van der Waals surface area contributed by atoms with Crippen molar-refractivity contribution in [2.45, 2.75) is 18.4 Å². The molecule has 0 radical (unpaired) electrons. The first-order chi connectivity index (χ1) is 9.22. The number of benzene rings is 1. The minimum Gasteiger partial charge on any atom is -0.493 e. The smallest absolute Gasteiger partial charge is 0.252 e. The van der Waals surface area contributed by atoms with Crippen LogP contribution in [0.1, 0.15) is 22.3 Å². The van der Waals surface area contributed by atoms with Crippen LogP contribution in [0.25, 0.3) is 0 Å². The number of hydrogen-bond donors (Lipinski definition) is 1. The highest BCUT2D eigenvalue weighted by Crippen LogP contribution is 2.29. The first kappa shape index (κ1) is 12.4. The molecule has 5 heteroatoms. The zero-order chi connectivity index (χ0) is 13.3. The van der Waals surface area contributed by atoms with Gasteiger partial charge in [-0.15, -0.1) is 0 Å². The second-order valence-electron chi connectivity index (χ2n) is 4.87. The minimum absolute atomic E-state index is 0.168. The van der Waals surface area contributed by atoms with Crippen molar-refractivity contribution in [1.82, 2.24) is 5.32 Å². The summed E-state index contributed by atoms with van der Waals surface area (Å²) in [4.78, 5) is 12.3. The molecule has 0 bridgehead atoms. The normalized spacial score (nSPS) is 24.4. The fourth-order valence-corrected chi connectivity index (χ4v) is 3.66. The molecule has 1 fully saturated rings. The molecule has 2 aliphatic rings. The number of nitrogens with one attached hydrogen (secondary N) is 1. The highest BCUT2D eigenvalue weighted by Gasteiger charge is 2.36. The van der Waals surface area contributed by atoms with Crippen LogP contribution < -0.4 is 10.1 Å². The molecule has 4 nitrogen and oxygen atoms in total. The Hall–Kier alpha value is -1.67. The van der Waals surface area contributed by atoms with E-state index in [4.69, 9.17) is 4.74 Å². The Balaban J connectivity index is 1.79. The van der Waals surface area contributed by atoms with E-state index in [1.807, 2.05) is 12.1 Å². The standard InChI is InChI=1S/C14H14N2O2S/c15-8-14(4-6-19-9-14)16-13(17)11-1-2-12-10(7-11)3-5-18-12/h1-2,7H,3-6,9H2,(H,16,17). The van der Waals surface area contributed by atoms with Crippen LogP contribution in [0.15, 0.2) is 18.2 Å². The molecule has 1 aromatic rings. The van der Waals surface area contributed by atoms with E-state index in [0.29, 0.717) is 24.3 Å². The summed E-state index contributed by atoms with van der Waals surface area (Å²) in [6.45, 7) is 0.680. The molecule has 0 spiro atoms. The molecule has 0 aliphatic carbocycles. The Bertz CT molecular complexity index is 559. The lowest BCUT2D eigenvalue weighted by atomic mass is 10.00. The molecule has 0 aromatic heterocycles. The van der Waals surface area contributed by atoms with Gasteiger partial charge in [-0.25, -0.2) is 0 Å². The van der Waals surface area contributed by atoms with Crippen LogP contribution in [0.3, 0.4) is 0 Å². The number of amides is 1. The average molecular weight is 274 g/mol. The number of nitrogens with zero attached hydrogens (tertiary/aromatic N) is 1. The Morgan fingerprint density at radius 2 is 2.42 bits per heavy atom. The molecule has 1 saturated heterocycles. The van der Waals surface area contributed by atoms with E-state index in [1.54, 1.807) is 17.8 Å². The number of ether oxygens (including phenoxy) is 1. The molecule has 2 aliphatic heterocycles. The molecule has 1 atom stereocenters. The summed E-state index contributed by atoms with van der Waals surface area (Å²) < 4.78 is 5.42. The molecule has 19 heavy (non-hydrogen) atoms. The summed E-state index contributed by atoms with van der Waals surface area (Å²) in [6, 6.07) is 7.71. The predicted molar refractivity (Wildman–Crippen MR) is 73.4 cm³/mol. The summed E-state index contributed by atoms with van der Waals surface area (Å²) in [6.07, 6.45) is 1.56. The highest BCUT2D eigenvalue weighted by atomic mass is 32.2. The Morgan fingerprint density at radius 1 is 1.53 bits per heavy atom. The van der Waals surface area contributed by atoms with Gasteiger partial charge in [0.2, 0.25) is 0 Å². The lowest BCUT2D eigenvalue weighted by Crippen LogP contribution is -2.47. The van der Waals surface area contributed by atoms with Gasteiger partial charge in [-0.1, -0.05) is 0 Å². The van der Waals surface area contributed by atoms with Gasteiger partial charge in [-0.3, -0.25) is 4.79 Å². The van der Waals surface area contributed by atoms with Crippen LogP contribution >= 0.6 is 11.8 Å². The van der Waals surface area contributed by atoms with Crippen molar-refractivity contribution < 1.29 is 9.53 Å². The maximum absolute atomic E-state index is 12.3. The predicted octanol–water partition coefficient (Wildman–Crippen LogP) is 1.75. The zero-order valence-electron chi connectivity index (χ0n) is 10.4. The third kappa shape index (κ3) is 2.28. The van der Waals surface area contributed by atoms with Crippen molar-refractivity contribution in [3.05, 3.63) is 29.3 Å². The number of thioether (sulfide) groups is 1. The monoisotopic (exact) mass is 274 g/mol. The zero-order valence-corrected chi connectivity index (χ0v) is 11.3. The Kier molecular flexibility index (Phi) is 3.11. The lowest BCUT2D eigenvalue weighted by molar-refractivity contribution is 0.0926. The van der Waals surface area contributed by atoms with Crippen molar-refractivity contribution in [2.24, 2.45) is 0 Å². The van der Waals surface area contributed by atoms with E-state index in [1.165, 1.54) is 0 Å². The van der Waals surface area contributed by atoms with Crippen LogP contribution in [0, 0.1) is 11.3 Å². The first-order valence-electron chi connectivity index (χ1n) is 6.30. The largest absolute Gasteiger partial charge is 0.493 e. The summed E-state index contributed by atoms with van der Waals surface area (Å²) in [5.41, 5.74) is 0.979. The fourth-order valence-electron chi connectivity index (χ4n) is 2.40. The van der Waals surface area contributed by atoms with Gasteiger partial charge in [-0.2, -0.15) is 17.0 Å². The van der Waals surface area contributed by atoms with Gasteiger partial charge in [0.25, 0.3) is 5.91 Å². The Labute approximate surface area is 116 Å². The molecule has 98 valence electrons. The van der Waals surface area contributed by atoms with Crippen LogP contribution in [0.5, 0.6) is 5.75 Å². The van der Waals surface area contributed by atoms with E-state index < -0.39 is 5.54 Å². The van der Waals surface area contributed by atoms with Gasteiger partial charge in [0.15, 0.2) is 0 Å². The summed E-state index contributed by atoms with van der Waals surface area (Å²) in [5.74, 6) is 2.29. The van der Waals surface area contributed by atoms with Crippen molar-refractivity contribution >= 4 is 17.7 Å². The van der Waals surface area contributed by atoms with Gasteiger partial charge < -0.3 is 10.1 Å². The maximum Gasteiger partial charge on any atom is 0.252 e. The maximum atomic E-state index is 12.3. The van der Waals surface area contributed by atoms with Crippen molar-refractivity contribution in [2.75, 3.05) is 18.1 Å². The van der Waals surface area contributed by atoms with E-state index >= 15 is 0 Å². The lowest BCUT2D eigenvalue weighted by Gasteiger charge is -2.21. The summed E-state index contributed by atoms with van der Waals surface area (Å²) >= 11 is 1.71. The van der Waals surface area contributed by atoms with Gasteiger partial charge in [0.05, 0.1) is 12.7 Å². The van der Waals surface area contributed by atoms with E-state index in [0.717, 1.165) is 23.5 Å². The molecule has 1 unspecified atom stereocenters. The molecule has 1 aromatic carbocycles. The van der Waals surface area contributed by atoms with E-state index in [-0.39, 0.29) is 5.91 Å². The third-order valence-corrected chi connectivity index (χ3v) is 4.73. The van der Waals surface area contributed by atoms with Crippen molar-refractivity contribution in [1.29, 1.82) is 5.26 Å². The first-order valence-corrected chi connectivity index (χ1v) is 7.45. The van der Waals surface area contributed by atoms with Crippen LogP contribution in [-0.4, -0.2) is 29.6 Å². The summed E-state index contributed by atoms with van der Waals surface area (Å²) in [7, 11) is 0. The minimum atomic E-state index is -0.697. The van der Waals surface area contributed by atoms with Gasteiger partial charge in [0, 0.05) is 17.7 Å². The van der Waals surface area contributed by atoms with Crippen LogP contribution in [0.4, 0.5) is 0 Å². The number of hydrogen-bond acceptors (Lipinski definition) is 4. The molecule has 1 amide bonds. The highest BCUT2D eigenvalue weighted by molar-refractivity contribution is 7.99. The third-order valence-electron chi connectivity index (χ3n) is 3.54. The van der Waals surface area contributed by atoms with Crippen LogP contribution in [0.2, 0.25) is 0 Å². The second-order valence-corrected chi connectivity index (χ2v) is 5.98. The van der Waals surface area contributed by atoms with Crippen LogP contribution in [-0.2, 0) is 6.42 Å². The van der Waals surface area contributed by atoms with E-state index in [2.05, 4.69) is 11.4 Å². The Morgan fingerprint density at radius 3 is 3.16 bits per heavy atom. The number of carbonyl (C=O) groups excluding carboxylic acids is 1. The molecular weight excluding hydrogens is 260 g/mol. The average Bonchev–Trinajstić information content (AvgIpc) is 3.06. The number of fused-ring (bicyclic) bond motifs is 1. The second kappa shape index (κ2) is 4.78. The van der Waals surface area contributed by atoms with Gasteiger partial charge >= 0.3 is 0 Å². The quantitative estimate of drug-likeness (QED) is 0.892. The van der Waals surface area contributed by atoms with E-state index in [9.17, 15) is 10.1 Å². The summed E-state index contributed by atoms with van der Waals surface area (Å²) in [5, 5.41) is 12.2. The number of rotatable bonds is 2. The number of carbonyl (C=O) groups is 1.